The average molecular weight is 649 g/mol. The summed E-state index contributed by atoms with van der Waals surface area (Å²) in [6, 6.07) is 37.8. The Morgan fingerprint density at radius 1 is 0.674 bits per heavy atom. The van der Waals surface area contributed by atoms with Gasteiger partial charge in [0, 0.05) is 33.0 Å². The predicted octanol–water partition coefficient (Wildman–Crippen LogP) is 2.88. The summed E-state index contributed by atoms with van der Waals surface area (Å²) in [6.07, 6.45) is 1.77. The minimum atomic E-state index is -3.28. The number of nitrogens with zero attached hydrogens (tertiary/aromatic N) is 2. The molecule has 0 unspecified atom stereocenters. The van der Waals surface area contributed by atoms with Gasteiger partial charge in [-0.05, 0) is 24.3 Å². The molecular formula is C35H22N3O3PRb+. The van der Waals surface area contributed by atoms with Crippen LogP contribution in [0, 0.1) is 0 Å². The fourth-order valence-electron chi connectivity index (χ4n) is 5.69. The maximum atomic E-state index is 15.0. The Morgan fingerprint density at radius 3 is 2.00 bits per heavy atom. The van der Waals surface area contributed by atoms with Crippen LogP contribution >= 0.6 is 7.14 Å². The molecule has 0 saturated heterocycles. The molecule has 8 aromatic rings. The number of hydrogen-bond acceptors (Lipinski definition) is 5. The Balaban J connectivity index is 0.00000300. The van der Waals surface area contributed by atoms with Crippen LogP contribution in [0.25, 0.3) is 55.1 Å². The third-order valence-electron chi connectivity index (χ3n) is 7.74. The third kappa shape index (κ3) is 4.60. The number of fused-ring (bicyclic) bond motifs is 6. The Morgan fingerprint density at radius 2 is 1.30 bits per heavy atom. The van der Waals surface area contributed by atoms with Crippen LogP contribution in [-0.4, -0.2) is 9.97 Å². The minimum Gasteiger partial charge on any atom is -0.872 e. The zero-order chi connectivity index (χ0) is 28.3. The molecule has 0 spiro atoms. The average Bonchev–Trinajstić information content (AvgIpc) is 3.45. The van der Waals surface area contributed by atoms with Gasteiger partial charge in [0.25, 0.3) is 5.52 Å². The summed E-state index contributed by atoms with van der Waals surface area (Å²) in [5, 5.41) is 16.6. The molecule has 8 rings (SSSR count). The van der Waals surface area contributed by atoms with E-state index >= 15 is 4.57 Å². The van der Waals surface area contributed by atoms with Crippen molar-refractivity contribution >= 4 is 67.1 Å². The SMILES string of the molecule is O=P(c1ccccc1)(c1ccccc1)c1ccc2ccc3ccc(-c4ccc([O-])c5c4oc4ccc[nH+]c45)nc3c2n1.[Rb+]. The molecule has 4 aromatic carbocycles. The van der Waals surface area contributed by atoms with Gasteiger partial charge in [-0.2, -0.15) is 0 Å². The van der Waals surface area contributed by atoms with Gasteiger partial charge in [0.15, 0.2) is 24.5 Å². The van der Waals surface area contributed by atoms with Crippen molar-refractivity contribution in [3.05, 3.63) is 128 Å². The van der Waals surface area contributed by atoms with Crippen LogP contribution in [0.3, 0.4) is 0 Å². The van der Waals surface area contributed by atoms with Crippen molar-refractivity contribution in [3.63, 3.8) is 0 Å². The molecule has 0 aliphatic carbocycles. The van der Waals surface area contributed by atoms with Crippen LogP contribution in [0.1, 0.15) is 0 Å². The first-order valence-corrected chi connectivity index (χ1v) is 15.3. The molecule has 0 atom stereocenters. The molecule has 0 aliphatic rings. The van der Waals surface area contributed by atoms with Gasteiger partial charge < -0.3 is 14.1 Å². The van der Waals surface area contributed by atoms with Crippen molar-refractivity contribution in [2.75, 3.05) is 0 Å². The van der Waals surface area contributed by atoms with Crippen LogP contribution in [0.5, 0.6) is 5.75 Å². The molecule has 0 amide bonds. The molecule has 8 heteroatoms. The number of nitrogens with one attached hydrogen (secondary N) is 1. The molecular weight excluding hydrogens is 627 g/mol. The van der Waals surface area contributed by atoms with Gasteiger partial charge >= 0.3 is 58.2 Å². The first kappa shape index (κ1) is 28.3. The Hall–Kier alpha value is -3.51. The van der Waals surface area contributed by atoms with E-state index in [0.717, 1.165) is 21.4 Å². The van der Waals surface area contributed by atoms with E-state index in [1.54, 1.807) is 18.3 Å². The number of rotatable bonds is 4. The Bertz CT molecular complexity index is 2320. The monoisotopic (exact) mass is 648 g/mol. The van der Waals surface area contributed by atoms with Gasteiger partial charge in [-0.1, -0.05) is 96.7 Å². The number of aromatic amines is 1. The van der Waals surface area contributed by atoms with E-state index in [4.69, 9.17) is 14.4 Å². The fraction of sp³-hybridized carbons (Fsp3) is 0. The molecule has 43 heavy (non-hydrogen) atoms. The number of hydrogen-bond donors (Lipinski definition) is 0. The molecule has 0 fully saturated rings. The molecule has 4 heterocycles. The second-order valence-electron chi connectivity index (χ2n) is 10.2. The standard InChI is InChI=1S/C35H22N3O3P.Rb/c39-28-19-17-26(35-31(28)34-29(41-35)12-7-21-36-34)27-18-15-22-13-14-23-16-20-30(38-33(23)32(22)37-27)42(40,24-8-3-1-4-9-24)25-10-5-2-6-11-25;/h1-21,39H;/q;+1. The summed E-state index contributed by atoms with van der Waals surface area (Å²) in [6.45, 7) is 0. The quantitative estimate of drug-likeness (QED) is 0.216. The molecule has 1 N–H and O–H groups in total. The van der Waals surface area contributed by atoms with E-state index in [1.165, 1.54) is 0 Å². The van der Waals surface area contributed by atoms with Crippen LogP contribution in [-0.2, 0) is 4.57 Å². The van der Waals surface area contributed by atoms with Crippen molar-refractivity contribution in [1.29, 1.82) is 0 Å². The minimum absolute atomic E-state index is 0. The van der Waals surface area contributed by atoms with Gasteiger partial charge in [0.05, 0.1) is 22.1 Å². The van der Waals surface area contributed by atoms with E-state index in [1.807, 2.05) is 109 Å². The van der Waals surface area contributed by atoms with Crippen molar-refractivity contribution in [1.82, 2.24) is 9.97 Å². The van der Waals surface area contributed by atoms with Gasteiger partial charge in [-0.3, -0.25) is 0 Å². The van der Waals surface area contributed by atoms with Gasteiger partial charge in [-0.15, -0.1) is 0 Å². The van der Waals surface area contributed by atoms with Gasteiger partial charge in [0.2, 0.25) is 0 Å². The maximum absolute atomic E-state index is 15.0. The molecule has 200 valence electrons. The first-order valence-electron chi connectivity index (χ1n) is 13.6. The van der Waals surface area contributed by atoms with Crippen LogP contribution < -0.4 is 84.3 Å². The number of aromatic nitrogens is 3. The number of benzene rings is 4. The summed E-state index contributed by atoms with van der Waals surface area (Å²) in [5.74, 6) is -0.120. The topological polar surface area (TPSA) is 93.2 Å². The normalized spacial score (nSPS) is 11.7. The number of furan rings is 1. The van der Waals surface area contributed by atoms with Crippen LogP contribution in [0.4, 0.5) is 0 Å². The summed E-state index contributed by atoms with van der Waals surface area (Å²) in [7, 11) is -3.28. The van der Waals surface area contributed by atoms with Crippen molar-refractivity contribution in [2.45, 2.75) is 0 Å². The number of pyridine rings is 3. The van der Waals surface area contributed by atoms with E-state index < -0.39 is 7.14 Å². The molecule has 4 aromatic heterocycles. The van der Waals surface area contributed by atoms with E-state index in [0.29, 0.717) is 49.8 Å². The van der Waals surface area contributed by atoms with Crippen molar-refractivity contribution < 1.29 is 77.3 Å². The van der Waals surface area contributed by atoms with E-state index in [-0.39, 0.29) is 63.9 Å². The fourth-order valence-corrected chi connectivity index (χ4v) is 8.23. The van der Waals surface area contributed by atoms with Crippen LogP contribution in [0.15, 0.2) is 132 Å². The molecule has 0 bridgehead atoms. The van der Waals surface area contributed by atoms with E-state index in [2.05, 4.69) is 4.98 Å². The van der Waals surface area contributed by atoms with Gasteiger partial charge in [0.1, 0.15) is 5.44 Å². The van der Waals surface area contributed by atoms with Crippen LogP contribution in [0.2, 0.25) is 0 Å². The summed E-state index contributed by atoms with van der Waals surface area (Å²) in [5.41, 5.74) is 4.96. The van der Waals surface area contributed by atoms with E-state index in [9.17, 15) is 5.11 Å². The Labute approximate surface area is 295 Å². The summed E-state index contributed by atoms with van der Waals surface area (Å²) < 4.78 is 21.2. The third-order valence-corrected chi connectivity index (χ3v) is 10.7. The maximum Gasteiger partial charge on any atom is 1.00 e. The predicted molar refractivity (Wildman–Crippen MR) is 165 cm³/mol. The van der Waals surface area contributed by atoms with Gasteiger partial charge in [-0.25, -0.2) is 15.0 Å². The largest absolute Gasteiger partial charge is 1.00 e. The van der Waals surface area contributed by atoms with Crippen molar-refractivity contribution in [3.8, 4) is 17.0 Å². The smallest absolute Gasteiger partial charge is 0.872 e. The number of H-pyrrole nitrogens is 1. The Kier molecular flexibility index (Phi) is 7.36. The molecule has 0 radical (unpaired) electrons. The van der Waals surface area contributed by atoms with Crippen molar-refractivity contribution in [2.24, 2.45) is 0 Å². The zero-order valence-corrected chi connectivity index (χ0v) is 29.0. The second kappa shape index (κ2) is 11.2. The molecule has 6 nitrogen and oxygen atoms in total. The summed E-state index contributed by atoms with van der Waals surface area (Å²) in [4.78, 5) is 13.3. The second-order valence-corrected chi connectivity index (χ2v) is 12.9. The molecule has 0 saturated carbocycles. The first-order chi connectivity index (χ1) is 20.6. The summed E-state index contributed by atoms with van der Waals surface area (Å²) >= 11 is 0. The zero-order valence-electron chi connectivity index (χ0n) is 23.2. The molecule has 0 aliphatic heterocycles.